The summed E-state index contributed by atoms with van der Waals surface area (Å²) in [5, 5.41) is 21.6. The number of H-pyrrole nitrogens is 1. The maximum atomic E-state index is 14.6. The number of benzene rings is 1. The lowest BCUT2D eigenvalue weighted by atomic mass is 10.0. The van der Waals surface area contributed by atoms with Gasteiger partial charge in [-0.05, 0) is 80.9 Å². The van der Waals surface area contributed by atoms with Crippen LogP contribution >= 0.6 is 11.8 Å². The van der Waals surface area contributed by atoms with E-state index in [1.165, 1.54) is 16.7 Å². The molecule has 332 valence electrons. The fourth-order valence-electron chi connectivity index (χ4n) is 6.97. The van der Waals surface area contributed by atoms with E-state index in [0.29, 0.717) is 24.2 Å². The van der Waals surface area contributed by atoms with Gasteiger partial charge in [0.1, 0.15) is 30.2 Å². The van der Waals surface area contributed by atoms with Crippen molar-refractivity contribution in [2.24, 2.45) is 44.6 Å². The second-order valence-corrected chi connectivity index (χ2v) is 16.2. The zero-order valence-electron chi connectivity index (χ0n) is 34.7. The molecule has 1 aliphatic rings. The summed E-state index contributed by atoms with van der Waals surface area (Å²) in [6.45, 7) is 4.35. The number of para-hydroxylation sites is 1. The van der Waals surface area contributed by atoms with Gasteiger partial charge >= 0.3 is 5.97 Å². The topological polar surface area (TPSA) is 345 Å². The molecule has 3 rings (SSSR count). The molecule has 1 fully saturated rings. The van der Waals surface area contributed by atoms with E-state index in [1.807, 2.05) is 44.4 Å². The number of rotatable bonds is 25. The maximum absolute atomic E-state index is 14.6. The highest BCUT2D eigenvalue weighted by atomic mass is 32.2. The van der Waals surface area contributed by atoms with E-state index < -0.39 is 71.8 Å². The number of carboxylic acids is 1. The molecule has 0 unspecified atom stereocenters. The molecule has 60 heavy (non-hydrogen) atoms. The van der Waals surface area contributed by atoms with Crippen molar-refractivity contribution < 1.29 is 33.9 Å². The van der Waals surface area contributed by atoms with Crippen molar-refractivity contribution in [1.82, 2.24) is 31.2 Å². The molecule has 2 aromatic rings. The fraction of sp³-hybridized carbons (Fsp3) is 0.590. The van der Waals surface area contributed by atoms with Crippen LogP contribution in [-0.4, -0.2) is 130 Å². The quantitative estimate of drug-likeness (QED) is 0.0323. The summed E-state index contributed by atoms with van der Waals surface area (Å²) in [4.78, 5) is 94.0. The molecule has 1 saturated heterocycles. The smallest absolute Gasteiger partial charge is 0.326 e. The van der Waals surface area contributed by atoms with Gasteiger partial charge in [0.05, 0.1) is 6.04 Å². The van der Waals surface area contributed by atoms with Crippen LogP contribution in [0.2, 0.25) is 0 Å². The summed E-state index contributed by atoms with van der Waals surface area (Å²) in [6.07, 6.45) is 5.64. The first kappa shape index (κ1) is 48.8. The van der Waals surface area contributed by atoms with Crippen molar-refractivity contribution in [1.29, 1.82) is 0 Å². The van der Waals surface area contributed by atoms with Crippen LogP contribution in [0.25, 0.3) is 10.9 Å². The molecular formula is C39H63N13O7S. The highest BCUT2D eigenvalue weighted by Gasteiger charge is 2.40. The number of aliphatic imine (C=N–C) groups is 2. The number of aromatic nitrogens is 1. The lowest BCUT2D eigenvalue weighted by molar-refractivity contribution is -0.145. The number of nitrogens with two attached hydrogens (primary N) is 5. The third-order valence-corrected chi connectivity index (χ3v) is 10.6. The van der Waals surface area contributed by atoms with Gasteiger partial charge in [0.15, 0.2) is 11.9 Å². The molecular weight excluding hydrogens is 795 g/mol. The monoisotopic (exact) mass is 857 g/mol. The van der Waals surface area contributed by atoms with E-state index >= 15 is 0 Å². The number of nitrogens with zero attached hydrogens (tertiary/aromatic N) is 3. The number of amides is 5. The Morgan fingerprint density at radius 3 is 2.03 bits per heavy atom. The van der Waals surface area contributed by atoms with E-state index in [4.69, 9.17) is 28.7 Å². The van der Waals surface area contributed by atoms with Crippen LogP contribution in [-0.2, 0) is 35.2 Å². The number of thioether (sulfide) groups is 1. The Bertz CT molecular complexity index is 1830. The minimum atomic E-state index is -1.26. The van der Waals surface area contributed by atoms with Gasteiger partial charge in [0, 0.05) is 43.2 Å². The largest absolute Gasteiger partial charge is 0.480 e. The predicted octanol–water partition coefficient (Wildman–Crippen LogP) is -1.04. The number of fused-ring (bicyclic) bond motifs is 1. The van der Waals surface area contributed by atoms with Crippen LogP contribution in [0.5, 0.6) is 0 Å². The molecule has 0 saturated carbocycles. The molecule has 0 aliphatic carbocycles. The molecule has 6 atom stereocenters. The molecule has 1 aliphatic heterocycles. The Hall–Kier alpha value is -5.57. The normalized spacial score (nSPS) is 16.2. The minimum absolute atomic E-state index is 0.0107. The van der Waals surface area contributed by atoms with Crippen LogP contribution < -0.4 is 49.9 Å². The van der Waals surface area contributed by atoms with Crippen LogP contribution in [0.3, 0.4) is 0 Å². The van der Waals surface area contributed by atoms with Crippen LogP contribution in [0.15, 0.2) is 40.4 Å². The Morgan fingerprint density at radius 1 is 0.850 bits per heavy atom. The minimum Gasteiger partial charge on any atom is -0.480 e. The number of carboxylic acid groups (broad SMARTS) is 1. The molecule has 16 N–H and O–H groups in total. The first-order valence-electron chi connectivity index (χ1n) is 20.2. The molecule has 1 aromatic heterocycles. The summed E-state index contributed by atoms with van der Waals surface area (Å²) in [5.74, 6) is -3.89. The molecule has 5 amide bonds. The summed E-state index contributed by atoms with van der Waals surface area (Å²) < 4.78 is 0. The summed E-state index contributed by atoms with van der Waals surface area (Å²) in [6, 6.07) is 0.895. The Morgan fingerprint density at radius 2 is 1.43 bits per heavy atom. The molecule has 2 heterocycles. The zero-order chi connectivity index (χ0) is 44.4. The lowest BCUT2D eigenvalue weighted by Gasteiger charge is -2.31. The van der Waals surface area contributed by atoms with Gasteiger partial charge < -0.3 is 64.9 Å². The van der Waals surface area contributed by atoms with E-state index in [9.17, 15) is 33.9 Å². The average Bonchev–Trinajstić information content (AvgIpc) is 3.85. The van der Waals surface area contributed by atoms with Crippen LogP contribution in [0.4, 0.5) is 0 Å². The third kappa shape index (κ3) is 15.6. The third-order valence-electron chi connectivity index (χ3n) is 10.00. The van der Waals surface area contributed by atoms with Crippen LogP contribution in [0.1, 0.15) is 70.8 Å². The van der Waals surface area contributed by atoms with Crippen molar-refractivity contribution in [3.8, 4) is 0 Å². The standard InChI is InChI=1S/C39H63N13O7S/c1-22(2)19-25(40)32(53)48-28(14-18-60-3)34(55)49-27(11-6-15-45-38(41)42)33(54)51-30(20-23-21-47-26-10-5-4-9-24(23)26)36(57)52-17-8-13-31(52)35(56)50-29(37(58)59)12-7-16-46-39(43)44/h4-5,9-10,21-22,25,27-31,47H,6-8,11-20,40H2,1-3H3,(H,48,53)(H,49,55)(H,50,56)(H,51,54)(H,58,59)(H4,41,42,45)(H4,43,44,46)/t25-,27-,28-,29-,30-,31-/m0/s1. The van der Waals surface area contributed by atoms with Crippen molar-refractivity contribution in [3.63, 3.8) is 0 Å². The fourth-order valence-corrected chi connectivity index (χ4v) is 7.44. The predicted molar refractivity (Wildman–Crippen MR) is 232 cm³/mol. The molecule has 0 bridgehead atoms. The van der Waals surface area contributed by atoms with E-state index in [2.05, 4.69) is 36.2 Å². The SMILES string of the molecule is CSCC[C@H](NC(=O)[C@@H](N)CC(C)C)C(=O)N[C@@H](CCCN=C(N)N)C(=O)N[C@@H](Cc1c[nH]c2ccccc12)C(=O)N1CCC[C@H]1C(=O)N[C@@H](CCCN=C(N)N)C(=O)O. The van der Waals surface area contributed by atoms with Crippen molar-refractivity contribution in [2.45, 2.75) is 108 Å². The molecule has 0 spiro atoms. The Balaban J connectivity index is 1.92. The van der Waals surface area contributed by atoms with Crippen LogP contribution in [0, 0.1) is 5.92 Å². The first-order valence-corrected chi connectivity index (χ1v) is 21.6. The Labute approximate surface area is 354 Å². The van der Waals surface area contributed by atoms with Crippen molar-refractivity contribution >= 4 is 70.1 Å². The first-order chi connectivity index (χ1) is 28.5. The number of nitrogens with one attached hydrogen (secondary N) is 5. The van der Waals surface area contributed by atoms with Gasteiger partial charge in [-0.3, -0.25) is 34.0 Å². The summed E-state index contributed by atoms with van der Waals surface area (Å²) in [7, 11) is 0. The highest BCUT2D eigenvalue weighted by molar-refractivity contribution is 7.98. The maximum Gasteiger partial charge on any atom is 0.326 e. The van der Waals surface area contributed by atoms with Crippen molar-refractivity contribution in [2.75, 3.05) is 31.6 Å². The van der Waals surface area contributed by atoms with E-state index in [1.54, 1.807) is 6.20 Å². The number of hydrogen-bond donors (Lipinski definition) is 11. The summed E-state index contributed by atoms with van der Waals surface area (Å²) in [5.41, 5.74) is 29.4. The van der Waals surface area contributed by atoms with Gasteiger partial charge in [0.2, 0.25) is 29.5 Å². The molecule has 21 heteroatoms. The van der Waals surface area contributed by atoms with Gasteiger partial charge in [-0.1, -0.05) is 32.0 Å². The highest BCUT2D eigenvalue weighted by Crippen LogP contribution is 2.23. The molecule has 1 aromatic carbocycles. The van der Waals surface area contributed by atoms with Gasteiger partial charge in [0.25, 0.3) is 0 Å². The van der Waals surface area contributed by atoms with Crippen molar-refractivity contribution in [3.05, 3.63) is 36.0 Å². The number of carbonyl (C=O) groups excluding carboxylic acids is 5. The second kappa shape index (κ2) is 24.5. The number of likely N-dealkylation sites (tertiary alicyclic amines) is 1. The van der Waals surface area contributed by atoms with Gasteiger partial charge in [-0.2, -0.15) is 11.8 Å². The van der Waals surface area contributed by atoms with E-state index in [0.717, 1.165) is 10.9 Å². The Kier molecular flexibility index (Phi) is 19.9. The number of carbonyl (C=O) groups is 6. The lowest BCUT2D eigenvalue weighted by Crippen LogP contribution is -2.59. The van der Waals surface area contributed by atoms with E-state index in [-0.39, 0.29) is 82.4 Å². The second-order valence-electron chi connectivity index (χ2n) is 15.3. The average molecular weight is 858 g/mol. The number of guanidine groups is 2. The number of aromatic amines is 1. The zero-order valence-corrected chi connectivity index (χ0v) is 35.5. The molecule has 0 radical (unpaired) electrons. The number of aliphatic carboxylic acids is 1. The number of hydrogen-bond acceptors (Lipinski definition) is 10. The van der Waals surface area contributed by atoms with Gasteiger partial charge in [-0.15, -0.1) is 0 Å². The molecule has 20 nitrogen and oxygen atoms in total. The summed E-state index contributed by atoms with van der Waals surface area (Å²) >= 11 is 1.48. The van der Waals surface area contributed by atoms with Gasteiger partial charge in [-0.25, -0.2) is 4.79 Å².